The van der Waals surface area contributed by atoms with E-state index in [-0.39, 0.29) is 33.5 Å². The molecule has 130 valence electrons. The first-order valence-electron chi connectivity index (χ1n) is 7.41. The molecular formula is C16H18ClNO5S. The van der Waals surface area contributed by atoms with Gasteiger partial charge >= 0.3 is 0 Å². The number of hydrogen-bond acceptors (Lipinski definition) is 5. The molecule has 0 aromatic heterocycles. The van der Waals surface area contributed by atoms with Crippen LogP contribution in [0.4, 0.5) is 5.69 Å². The summed E-state index contributed by atoms with van der Waals surface area (Å²) in [6.07, 6.45) is 3.72. The van der Waals surface area contributed by atoms with Gasteiger partial charge in [-0.1, -0.05) is 11.6 Å². The second-order valence-corrected chi connectivity index (χ2v) is 7.68. The maximum atomic E-state index is 12.6. The first kappa shape index (κ1) is 18.5. The molecule has 1 N–H and O–H groups in total. The molecule has 2 rings (SSSR count). The van der Waals surface area contributed by atoms with Crippen molar-refractivity contribution in [3.8, 4) is 0 Å². The summed E-state index contributed by atoms with van der Waals surface area (Å²) in [5.74, 6) is -0.912. The Labute approximate surface area is 145 Å². The molecule has 0 radical (unpaired) electrons. The Morgan fingerprint density at radius 2 is 2.04 bits per heavy atom. The van der Waals surface area contributed by atoms with Crippen molar-refractivity contribution in [3.05, 3.63) is 40.6 Å². The summed E-state index contributed by atoms with van der Waals surface area (Å²) in [7, 11) is -3.45. The largest absolute Gasteiger partial charge is 0.501 e. The van der Waals surface area contributed by atoms with Crippen molar-refractivity contribution in [1.29, 1.82) is 0 Å². The number of halogens is 1. The molecule has 1 aliphatic rings. The molecule has 1 saturated carbocycles. The number of Topliss-reactive ketones (excluding diaryl/α,β-unsaturated/α-hetero) is 2. The molecule has 24 heavy (non-hydrogen) atoms. The molecule has 8 heteroatoms. The summed E-state index contributed by atoms with van der Waals surface area (Å²) < 4.78 is 29.9. The topological polar surface area (TPSA) is 89.5 Å². The van der Waals surface area contributed by atoms with Gasteiger partial charge in [0, 0.05) is 17.2 Å². The number of allylic oxidation sites excluding steroid dienone is 1. The lowest BCUT2D eigenvalue weighted by Gasteiger charge is -2.10. The molecule has 0 saturated heterocycles. The van der Waals surface area contributed by atoms with Crippen molar-refractivity contribution in [3.63, 3.8) is 0 Å². The van der Waals surface area contributed by atoms with Crippen molar-refractivity contribution in [1.82, 2.24) is 0 Å². The lowest BCUT2D eigenvalue weighted by Crippen LogP contribution is -2.16. The van der Waals surface area contributed by atoms with Crippen molar-refractivity contribution < 1.29 is 22.7 Å². The SMILES string of the molecule is CCOC=C(C(=O)c1ccc(NS(C)(=O)=O)cc1Cl)C(=O)C1CC1. The number of nitrogens with one attached hydrogen (secondary N) is 1. The smallest absolute Gasteiger partial charge is 0.229 e. The van der Waals surface area contributed by atoms with Crippen LogP contribution in [0.15, 0.2) is 30.0 Å². The number of benzene rings is 1. The van der Waals surface area contributed by atoms with Crippen LogP contribution in [0.5, 0.6) is 0 Å². The van der Waals surface area contributed by atoms with Crippen LogP contribution in [0.25, 0.3) is 0 Å². The highest BCUT2D eigenvalue weighted by molar-refractivity contribution is 7.92. The zero-order valence-corrected chi connectivity index (χ0v) is 14.9. The van der Waals surface area contributed by atoms with Crippen LogP contribution >= 0.6 is 11.6 Å². The van der Waals surface area contributed by atoms with Crippen molar-refractivity contribution in [2.24, 2.45) is 5.92 Å². The molecule has 6 nitrogen and oxygen atoms in total. The van der Waals surface area contributed by atoms with E-state index in [1.54, 1.807) is 6.92 Å². The molecule has 0 aliphatic heterocycles. The van der Waals surface area contributed by atoms with Crippen molar-refractivity contribution in [2.75, 3.05) is 17.6 Å². The number of sulfonamides is 1. The quantitative estimate of drug-likeness (QED) is 0.249. The van der Waals surface area contributed by atoms with Crippen LogP contribution < -0.4 is 4.72 Å². The fourth-order valence-corrected chi connectivity index (χ4v) is 2.90. The highest BCUT2D eigenvalue weighted by Crippen LogP contribution is 2.34. The Morgan fingerprint density at radius 1 is 1.38 bits per heavy atom. The van der Waals surface area contributed by atoms with Crippen molar-refractivity contribution in [2.45, 2.75) is 19.8 Å². The van der Waals surface area contributed by atoms with Gasteiger partial charge in [-0.15, -0.1) is 0 Å². The third-order valence-electron chi connectivity index (χ3n) is 3.34. The number of carbonyl (C=O) groups is 2. The highest BCUT2D eigenvalue weighted by atomic mass is 35.5. The van der Waals surface area contributed by atoms with E-state index in [1.165, 1.54) is 24.5 Å². The minimum Gasteiger partial charge on any atom is -0.501 e. The van der Waals surface area contributed by atoms with E-state index in [0.29, 0.717) is 6.61 Å². The number of ketones is 2. The second kappa shape index (κ2) is 7.36. The molecular weight excluding hydrogens is 354 g/mol. The summed E-state index contributed by atoms with van der Waals surface area (Å²) in [4.78, 5) is 24.9. The summed E-state index contributed by atoms with van der Waals surface area (Å²) in [5, 5.41) is 0.0552. The van der Waals surface area contributed by atoms with Crippen LogP contribution in [0.1, 0.15) is 30.1 Å². The predicted molar refractivity (Wildman–Crippen MR) is 91.7 cm³/mol. The van der Waals surface area contributed by atoms with E-state index >= 15 is 0 Å². The number of hydrogen-bond donors (Lipinski definition) is 1. The maximum absolute atomic E-state index is 12.6. The van der Waals surface area contributed by atoms with E-state index in [4.69, 9.17) is 16.3 Å². The zero-order chi connectivity index (χ0) is 17.9. The van der Waals surface area contributed by atoms with Gasteiger partial charge in [-0.2, -0.15) is 0 Å². The van der Waals surface area contributed by atoms with E-state index < -0.39 is 15.8 Å². The van der Waals surface area contributed by atoms with E-state index in [9.17, 15) is 18.0 Å². The molecule has 1 aliphatic carbocycles. The summed E-state index contributed by atoms with van der Waals surface area (Å²) >= 11 is 6.10. The minimum absolute atomic E-state index is 0.0370. The van der Waals surface area contributed by atoms with Gasteiger partial charge in [-0.3, -0.25) is 14.3 Å². The standard InChI is InChI=1S/C16H18ClNO5S/c1-3-23-9-13(15(19)10-4-5-10)16(20)12-7-6-11(8-14(12)17)18-24(2,21)22/h6-10,18H,3-5H2,1-2H3. The number of rotatable bonds is 8. The van der Waals surface area contributed by atoms with E-state index in [1.807, 2.05) is 0 Å². The van der Waals surface area contributed by atoms with Gasteiger partial charge in [0.15, 0.2) is 5.78 Å². The Kier molecular flexibility index (Phi) is 5.66. The number of ether oxygens (including phenoxy) is 1. The van der Waals surface area contributed by atoms with Gasteiger partial charge < -0.3 is 4.74 Å². The van der Waals surface area contributed by atoms with Crippen LogP contribution in [-0.2, 0) is 19.6 Å². The first-order chi connectivity index (χ1) is 11.2. The Hall–Kier alpha value is -1.86. The molecule has 1 aromatic rings. The van der Waals surface area contributed by atoms with Crippen molar-refractivity contribution >= 4 is 38.9 Å². The number of carbonyl (C=O) groups excluding carboxylic acids is 2. The average molecular weight is 372 g/mol. The number of anilines is 1. The van der Waals surface area contributed by atoms with Gasteiger partial charge in [0.1, 0.15) is 5.57 Å². The molecule has 0 atom stereocenters. The normalized spacial score (nSPS) is 15.0. The molecule has 0 unspecified atom stereocenters. The van der Waals surface area contributed by atoms with Crippen LogP contribution in [-0.4, -0.2) is 32.8 Å². The third-order valence-corrected chi connectivity index (χ3v) is 4.26. The molecule has 0 heterocycles. The fraction of sp³-hybridized carbons (Fsp3) is 0.375. The third kappa shape index (κ3) is 4.82. The first-order valence-corrected chi connectivity index (χ1v) is 9.68. The van der Waals surface area contributed by atoms with Gasteiger partial charge in [-0.05, 0) is 38.0 Å². The average Bonchev–Trinajstić information content (AvgIpc) is 3.30. The maximum Gasteiger partial charge on any atom is 0.229 e. The molecule has 1 fully saturated rings. The predicted octanol–water partition coefficient (Wildman–Crippen LogP) is 2.79. The summed E-state index contributed by atoms with van der Waals surface area (Å²) in [5.41, 5.74) is 0.323. The summed E-state index contributed by atoms with van der Waals surface area (Å²) in [6.45, 7) is 2.08. The molecule has 0 amide bonds. The van der Waals surface area contributed by atoms with Gasteiger partial charge in [0.05, 0.1) is 24.1 Å². The van der Waals surface area contributed by atoms with E-state index in [0.717, 1.165) is 19.1 Å². The van der Waals surface area contributed by atoms with Crippen LogP contribution in [0.2, 0.25) is 5.02 Å². The van der Waals surface area contributed by atoms with E-state index in [2.05, 4.69) is 4.72 Å². The summed E-state index contributed by atoms with van der Waals surface area (Å²) in [6, 6.07) is 4.13. The Balaban J connectivity index is 2.30. The Bertz CT molecular complexity index is 797. The fourth-order valence-electron chi connectivity index (χ4n) is 2.08. The van der Waals surface area contributed by atoms with Gasteiger partial charge in [-0.25, -0.2) is 8.42 Å². The molecule has 1 aromatic carbocycles. The zero-order valence-electron chi connectivity index (χ0n) is 13.3. The second-order valence-electron chi connectivity index (χ2n) is 5.52. The Morgan fingerprint density at radius 3 is 2.54 bits per heavy atom. The van der Waals surface area contributed by atoms with Crippen LogP contribution in [0.3, 0.4) is 0 Å². The molecule has 0 bridgehead atoms. The van der Waals surface area contributed by atoms with Crippen LogP contribution in [0, 0.1) is 5.92 Å². The van der Waals surface area contributed by atoms with Gasteiger partial charge in [0.25, 0.3) is 0 Å². The lowest BCUT2D eigenvalue weighted by molar-refractivity contribution is -0.116. The highest BCUT2D eigenvalue weighted by Gasteiger charge is 2.35. The monoisotopic (exact) mass is 371 g/mol. The van der Waals surface area contributed by atoms with Gasteiger partial charge in [0.2, 0.25) is 15.8 Å². The lowest BCUT2D eigenvalue weighted by atomic mass is 9.98. The molecule has 0 spiro atoms. The minimum atomic E-state index is -3.45.